The van der Waals surface area contributed by atoms with Crippen LogP contribution in [0, 0.1) is 6.92 Å². The fourth-order valence-corrected chi connectivity index (χ4v) is 2.62. The molecule has 1 aromatic carbocycles. The van der Waals surface area contributed by atoms with Gasteiger partial charge in [-0.15, -0.1) is 0 Å². The maximum atomic E-state index is 10.2. The molecule has 2 N–H and O–H groups in total. The van der Waals surface area contributed by atoms with Gasteiger partial charge in [-0.05, 0) is 38.7 Å². The van der Waals surface area contributed by atoms with Gasteiger partial charge in [-0.2, -0.15) is 0 Å². The molecule has 17 heavy (non-hydrogen) atoms. The number of rotatable bonds is 3. The smallest absolute Gasteiger partial charge is 0.0804 e. The molecule has 1 heterocycles. The minimum atomic E-state index is -0.335. The molecule has 0 bridgehead atoms. The third-order valence-corrected chi connectivity index (χ3v) is 3.68. The Balaban J connectivity index is 1.91. The minimum Gasteiger partial charge on any atom is -0.388 e. The Hall–Kier alpha value is -0.860. The summed E-state index contributed by atoms with van der Waals surface area (Å²) in [6.07, 6.45) is 4.22. The van der Waals surface area contributed by atoms with E-state index < -0.39 is 0 Å². The average molecular weight is 233 g/mol. The summed E-state index contributed by atoms with van der Waals surface area (Å²) in [5.41, 5.74) is 2.28. The first-order valence-corrected chi connectivity index (χ1v) is 6.66. The lowest BCUT2D eigenvalue weighted by Gasteiger charge is -2.30. The fraction of sp³-hybridized carbons (Fsp3) is 0.600. The number of nitrogens with one attached hydrogen (secondary N) is 1. The van der Waals surface area contributed by atoms with Crippen molar-refractivity contribution in [3.63, 3.8) is 0 Å². The molecule has 2 heteroatoms. The van der Waals surface area contributed by atoms with Crippen molar-refractivity contribution >= 4 is 0 Å². The van der Waals surface area contributed by atoms with E-state index in [0.717, 1.165) is 12.0 Å². The number of aliphatic hydroxyl groups is 1. The number of benzene rings is 1. The molecule has 0 radical (unpaired) electrons. The fourth-order valence-electron chi connectivity index (χ4n) is 2.62. The number of aryl methyl sites for hydroxylation is 1. The van der Waals surface area contributed by atoms with Crippen LogP contribution in [-0.4, -0.2) is 17.2 Å². The summed E-state index contributed by atoms with van der Waals surface area (Å²) in [5.74, 6) is 0. The standard InChI is InChI=1S/C15H23NO/c1-11-6-8-13(9-7-11)15(17)10-14-5-3-4-12(2)16-14/h6-9,12,14-17H,3-5,10H2,1-2H3. The van der Waals surface area contributed by atoms with Gasteiger partial charge in [0.05, 0.1) is 6.10 Å². The third-order valence-electron chi connectivity index (χ3n) is 3.68. The zero-order chi connectivity index (χ0) is 12.3. The molecule has 94 valence electrons. The third kappa shape index (κ3) is 3.55. The summed E-state index contributed by atoms with van der Waals surface area (Å²) >= 11 is 0. The molecule has 2 nitrogen and oxygen atoms in total. The van der Waals surface area contributed by atoms with E-state index >= 15 is 0 Å². The van der Waals surface area contributed by atoms with Gasteiger partial charge in [0, 0.05) is 12.1 Å². The highest BCUT2D eigenvalue weighted by Crippen LogP contribution is 2.23. The Labute approximate surface area is 104 Å². The van der Waals surface area contributed by atoms with Gasteiger partial charge in [0.25, 0.3) is 0 Å². The molecule has 0 saturated carbocycles. The molecule has 3 unspecified atom stereocenters. The maximum absolute atomic E-state index is 10.2. The van der Waals surface area contributed by atoms with Crippen molar-refractivity contribution in [2.24, 2.45) is 0 Å². The largest absolute Gasteiger partial charge is 0.388 e. The average Bonchev–Trinajstić information content (AvgIpc) is 2.29. The molecule has 0 aliphatic carbocycles. The Kier molecular flexibility index (Phi) is 4.19. The number of hydrogen-bond donors (Lipinski definition) is 2. The highest BCUT2D eigenvalue weighted by Gasteiger charge is 2.21. The topological polar surface area (TPSA) is 32.3 Å². The summed E-state index contributed by atoms with van der Waals surface area (Å²) in [6.45, 7) is 4.30. The van der Waals surface area contributed by atoms with Gasteiger partial charge in [0.2, 0.25) is 0 Å². The second-order valence-electron chi connectivity index (χ2n) is 5.36. The van der Waals surface area contributed by atoms with Crippen LogP contribution in [0.25, 0.3) is 0 Å². The van der Waals surface area contributed by atoms with Crippen molar-refractivity contribution in [2.75, 3.05) is 0 Å². The van der Waals surface area contributed by atoms with Crippen molar-refractivity contribution in [1.29, 1.82) is 0 Å². The maximum Gasteiger partial charge on any atom is 0.0804 e. The highest BCUT2D eigenvalue weighted by atomic mass is 16.3. The second kappa shape index (κ2) is 5.65. The van der Waals surface area contributed by atoms with Crippen LogP contribution in [0.3, 0.4) is 0 Å². The van der Waals surface area contributed by atoms with Crippen molar-refractivity contribution < 1.29 is 5.11 Å². The Morgan fingerprint density at radius 2 is 2.00 bits per heavy atom. The van der Waals surface area contributed by atoms with Crippen molar-refractivity contribution in [1.82, 2.24) is 5.32 Å². The van der Waals surface area contributed by atoms with Gasteiger partial charge in [-0.1, -0.05) is 36.2 Å². The molecule has 1 aromatic rings. The molecular weight excluding hydrogens is 210 g/mol. The molecule has 3 atom stereocenters. The molecule has 2 rings (SSSR count). The molecule has 1 fully saturated rings. The number of piperidine rings is 1. The molecule has 1 aliphatic heterocycles. The molecular formula is C15H23NO. The monoisotopic (exact) mass is 233 g/mol. The van der Waals surface area contributed by atoms with Gasteiger partial charge in [-0.25, -0.2) is 0 Å². The second-order valence-corrected chi connectivity index (χ2v) is 5.36. The first kappa shape index (κ1) is 12.6. The lowest BCUT2D eigenvalue weighted by Crippen LogP contribution is -2.41. The molecule has 0 amide bonds. The molecule has 0 spiro atoms. The van der Waals surface area contributed by atoms with E-state index in [4.69, 9.17) is 0 Å². The number of aliphatic hydroxyl groups excluding tert-OH is 1. The predicted molar refractivity (Wildman–Crippen MR) is 71.0 cm³/mol. The lowest BCUT2D eigenvalue weighted by atomic mass is 9.93. The van der Waals surface area contributed by atoms with Crippen LogP contribution in [-0.2, 0) is 0 Å². The molecule has 1 aliphatic rings. The van der Waals surface area contributed by atoms with E-state index in [1.165, 1.54) is 24.8 Å². The van der Waals surface area contributed by atoms with Crippen LogP contribution in [0.4, 0.5) is 0 Å². The van der Waals surface area contributed by atoms with Gasteiger partial charge in [0.1, 0.15) is 0 Å². The number of hydrogen-bond acceptors (Lipinski definition) is 2. The zero-order valence-electron chi connectivity index (χ0n) is 10.8. The van der Waals surface area contributed by atoms with Crippen LogP contribution in [0.1, 0.15) is 49.8 Å². The molecule has 1 saturated heterocycles. The van der Waals surface area contributed by atoms with E-state index in [0.29, 0.717) is 12.1 Å². The van der Waals surface area contributed by atoms with E-state index in [1.54, 1.807) is 0 Å². The zero-order valence-corrected chi connectivity index (χ0v) is 10.8. The van der Waals surface area contributed by atoms with Crippen LogP contribution < -0.4 is 5.32 Å². The quantitative estimate of drug-likeness (QED) is 0.841. The van der Waals surface area contributed by atoms with Gasteiger partial charge < -0.3 is 10.4 Å². The SMILES string of the molecule is Cc1ccc(C(O)CC2CCCC(C)N2)cc1. The van der Waals surface area contributed by atoms with Gasteiger partial charge in [0.15, 0.2) is 0 Å². The Morgan fingerprint density at radius 3 is 2.65 bits per heavy atom. The van der Waals surface area contributed by atoms with E-state index in [1.807, 2.05) is 12.1 Å². The van der Waals surface area contributed by atoms with Crippen LogP contribution in [0.15, 0.2) is 24.3 Å². The van der Waals surface area contributed by atoms with Crippen molar-refractivity contribution in [3.05, 3.63) is 35.4 Å². The van der Waals surface area contributed by atoms with E-state index in [-0.39, 0.29) is 6.10 Å². The van der Waals surface area contributed by atoms with Crippen LogP contribution in [0.2, 0.25) is 0 Å². The summed E-state index contributed by atoms with van der Waals surface area (Å²) in [6, 6.07) is 9.26. The summed E-state index contributed by atoms with van der Waals surface area (Å²) < 4.78 is 0. The van der Waals surface area contributed by atoms with Crippen molar-refractivity contribution in [3.8, 4) is 0 Å². The van der Waals surface area contributed by atoms with Crippen LogP contribution >= 0.6 is 0 Å². The lowest BCUT2D eigenvalue weighted by molar-refractivity contribution is 0.139. The summed E-state index contributed by atoms with van der Waals surface area (Å²) in [7, 11) is 0. The Bertz CT molecular complexity index is 346. The van der Waals surface area contributed by atoms with Crippen LogP contribution in [0.5, 0.6) is 0 Å². The van der Waals surface area contributed by atoms with Crippen molar-refractivity contribution in [2.45, 2.75) is 57.7 Å². The van der Waals surface area contributed by atoms with Gasteiger partial charge >= 0.3 is 0 Å². The summed E-state index contributed by atoms with van der Waals surface area (Å²) in [4.78, 5) is 0. The first-order chi connectivity index (χ1) is 8.15. The predicted octanol–water partition coefficient (Wildman–Crippen LogP) is 2.95. The van der Waals surface area contributed by atoms with Gasteiger partial charge in [-0.3, -0.25) is 0 Å². The summed E-state index contributed by atoms with van der Waals surface area (Å²) in [5, 5.41) is 13.8. The normalized spacial score (nSPS) is 26.8. The van der Waals surface area contributed by atoms with E-state index in [2.05, 4.69) is 31.3 Å². The minimum absolute atomic E-state index is 0.335. The molecule has 0 aromatic heterocycles. The Morgan fingerprint density at radius 1 is 1.29 bits per heavy atom. The first-order valence-electron chi connectivity index (χ1n) is 6.66. The highest BCUT2D eigenvalue weighted by molar-refractivity contribution is 5.23. The van der Waals surface area contributed by atoms with E-state index in [9.17, 15) is 5.11 Å².